The van der Waals surface area contributed by atoms with Gasteiger partial charge in [0.1, 0.15) is 23.3 Å². The van der Waals surface area contributed by atoms with Crippen LogP contribution in [0.4, 0.5) is 25.2 Å². The highest BCUT2D eigenvalue weighted by molar-refractivity contribution is 5.90. The fourth-order valence-corrected chi connectivity index (χ4v) is 4.66. The van der Waals surface area contributed by atoms with Crippen LogP contribution in [-0.2, 0) is 0 Å². The number of H-pyrrole nitrogens is 1. The Hall–Kier alpha value is -4.41. The predicted octanol–water partition coefficient (Wildman–Crippen LogP) is 4.37. The molecule has 1 aliphatic heterocycles. The number of aromatic amines is 1. The summed E-state index contributed by atoms with van der Waals surface area (Å²) in [5.74, 6) is -0.0534. The number of carbonyl (C=O) groups excluding carboxylic acids is 1. The fraction of sp³-hybridized carbons (Fsp3) is 0.269. The lowest BCUT2D eigenvalue weighted by Gasteiger charge is -2.21. The molecule has 2 amide bonds. The van der Waals surface area contributed by atoms with E-state index in [4.69, 9.17) is 4.74 Å². The number of para-hydroxylation sites is 1. The minimum Gasteiger partial charge on any atom is -0.477 e. The van der Waals surface area contributed by atoms with Gasteiger partial charge in [-0.3, -0.25) is 10.4 Å². The first-order chi connectivity index (χ1) is 17.9. The van der Waals surface area contributed by atoms with E-state index in [0.29, 0.717) is 42.5 Å². The van der Waals surface area contributed by atoms with Crippen LogP contribution < -0.4 is 20.3 Å². The lowest BCUT2D eigenvalue weighted by molar-refractivity contribution is 0.248. The summed E-state index contributed by atoms with van der Waals surface area (Å²) in [7, 11) is 0. The molecule has 2 atom stereocenters. The molecular weight excluding hydrogens is 480 g/mol. The van der Waals surface area contributed by atoms with E-state index < -0.39 is 23.7 Å². The highest BCUT2D eigenvalue weighted by Crippen LogP contribution is 2.32. The van der Waals surface area contributed by atoms with Crippen molar-refractivity contribution in [2.24, 2.45) is 0 Å². The van der Waals surface area contributed by atoms with Crippen LogP contribution in [-0.4, -0.2) is 51.7 Å². The fourth-order valence-electron chi connectivity index (χ4n) is 4.66. The molecule has 0 saturated carbocycles. The van der Waals surface area contributed by atoms with E-state index in [1.54, 1.807) is 10.9 Å². The zero-order valence-corrected chi connectivity index (χ0v) is 20.4. The maximum absolute atomic E-state index is 14.1. The molecule has 37 heavy (non-hydrogen) atoms. The highest BCUT2D eigenvalue weighted by atomic mass is 19.1. The van der Waals surface area contributed by atoms with Crippen molar-refractivity contribution in [3.05, 3.63) is 83.6 Å². The molecule has 3 heterocycles. The molecule has 1 aliphatic rings. The third-order valence-corrected chi connectivity index (χ3v) is 6.37. The molecule has 0 radical (unpaired) electrons. The number of nitrogens with one attached hydrogen (secondary N) is 3. The van der Waals surface area contributed by atoms with E-state index in [-0.39, 0.29) is 5.92 Å². The van der Waals surface area contributed by atoms with Gasteiger partial charge >= 0.3 is 6.03 Å². The molecule has 0 unspecified atom stereocenters. The molecule has 2 aromatic heterocycles. The molecule has 11 heteroatoms. The average molecular weight is 508 g/mol. The predicted molar refractivity (Wildman–Crippen MR) is 135 cm³/mol. The average Bonchev–Trinajstić information content (AvgIpc) is 3.61. The Morgan fingerprint density at radius 2 is 1.89 bits per heavy atom. The lowest BCUT2D eigenvalue weighted by atomic mass is 9.94. The van der Waals surface area contributed by atoms with Gasteiger partial charge in [0.05, 0.1) is 30.1 Å². The number of ether oxygens (including phenoxy) is 1. The highest BCUT2D eigenvalue weighted by Gasteiger charge is 2.36. The molecule has 192 valence electrons. The number of urea groups is 1. The zero-order chi connectivity index (χ0) is 25.9. The monoisotopic (exact) mass is 507 g/mol. The van der Waals surface area contributed by atoms with Crippen LogP contribution in [0.2, 0.25) is 0 Å². The van der Waals surface area contributed by atoms with Crippen molar-refractivity contribution in [3.8, 4) is 11.6 Å². The van der Waals surface area contributed by atoms with Crippen molar-refractivity contribution < 1.29 is 18.3 Å². The summed E-state index contributed by atoms with van der Waals surface area (Å²) >= 11 is 0. The van der Waals surface area contributed by atoms with Crippen LogP contribution in [0.3, 0.4) is 0 Å². The number of nitrogens with zero attached hydrogens (tertiary/aromatic N) is 4. The van der Waals surface area contributed by atoms with Crippen LogP contribution in [0.15, 0.2) is 60.8 Å². The number of carbonyl (C=O) groups is 1. The van der Waals surface area contributed by atoms with Gasteiger partial charge < -0.3 is 15.0 Å². The quantitative estimate of drug-likeness (QED) is 0.345. The minimum atomic E-state index is -0.663. The standard InChI is InChI=1S/C26H27F2N7O2/c1-3-37-25-16(2)24(35(33-25)20-7-5-4-6-8-20)31-26(36)30-22-15-34(23-9-10-29-32-23)14-21(22)17-11-18(27)13-19(28)12-17/h4-13,21-22H,3,14-15H2,1-2H3,(H,29,32)(H2,30,31,36)/t21-,22+/m0/s1. The van der Waals surface area contributed by atoms with Crippen LogP contribution in [0, 0.1) is 18.6 Å². The Balaban J connectivity index is 1.41. The number of hydrogen-bond acceptors (Lipinski definition) is 5. The maximum atomic E-state index is 14.1. The van der Waals surface area contributed by atoms with Crippen molar-refractivity contribution >= 4 is 17.7 Å². The minimum absolute atomic E-state index is 0.363. The van der Waals surface area contributed by atoms with Crippen molar-refractivity contribution in [3.63, 3.8) is 0 Å². The van der Waals surface area contributed by atoms with E-state index in [9.17, 15) is 13.6 Å². The van der Waals surface area contributed by atoms with Crippen molar-refractivity contribution in [1.29, 1.82) is 0 Å². The summed E-state index contributed by atoms with van der Waals surface area (Å²) < 4.78 is 35.4. The summed E-state index contributed by atoms with van der Waals surface area (Å²) in [6.45, 7) is 4.96. The number of anilines is 2. The van der Waals surface area contributed by atoms with Crippen molar-refractivity contribution in [2.45, 2.75) is 25.8 Å². The van der Waals surface area contributed by atoms with Crippen LogP contribution in [0.5, 0.6) is 5.88 Å². The van der Waals surface area contributed by atoms with Gasteiger partial charge in [-0.15, -0.1) is 5.10 Å². The molecule has 0 bridgehead atoms. The van der Waals surface area contributed by atoms with Gasteiger partial charge in [0, 0.05) is 31.1 Å². The van der Waals surface area contributed by atoms with Crippen LogP contribution in [0.1, 0.15) is 24.0 Å². The number of aromatic nitrogens is 4. The number of halogens is 2. The first-order valence-electron chi connectivity index (χ1n) is 12.0. The van der Waals surface area contributed by atoms with Gasteiger partial charge in [-0.25, -0.2) is 18.3 Å². The smallest absolute Gasteiger partial charge is 0.320 e. The molecule has 9 nitrogen and oxygen atoms in total. The van der Waals surface area contributed by atoms with Gasteiger partial charge in [0.2, 0.25) is 5.88 Å². The third kappa shape index (κ3) is 5.11. The van der Waals surface area contributed by atoms with E-state index in [1.807, 2.05) is 55.1 Å². The van der Waals surface area contributed by atoms with E-state index in [1.165, 1.54) is 12.1 Å². The van der Waals surface area contributed by atoms with Gasteiger partial charge in [-0.05, 0) is 43.7 Å². The van der Waals surface area contributed by atoms with E-state index in [2.05, 4.69) is 25.9 Å². The summed E-state index contributed by atoms with van der Waals surface area (Å²) in [5, 5.41) is 17.3. The van der Waals surface area contributed by atoms with Crippen LogP contribution >= 0.6 is 0 Å². The molecule has 0 aliphatic carbocycles. The molecule has 4 aromatic rings. The SMILES string of the molecule is CCOc1nn(-c2ccccc2)c(NC(=O)N[C@@H]2CN(c3ccn[nH]3)C[C@H]2c2cc(F)cc(F)c2)c1C. The number of hydrogen-bond donors (Lipinski definition) is 3. The van der Waals surface area contributed by atoms with Crippen LogP contribution in [0.25, 0.3) is 5.69 Å². The summed E-state index contributed by atoms with van der Waals surface area (Å²) in [6, 6.07) is 13.7. The van der Waals surface area contributed by atoms with Gasteiger partial charge in [0.25, 0.3) is 0 Å². The first kappa shape index (κ1) is 24.3. The van der Waals surface area contributed by atoms with Crippen molar-refractivity contribution in [2.75, 3.05) is 29.9 Å². The Kier molecular flexibility index (Phi) is 6.76. The zero-order valence-electron chi connectivity index (χ0n) is 20.4. The Morgan fingerprint density at radius 1 is 1.14 bits per heavy atom. The third-order valence-electron chi connectivity index (χ3n) is 6.37. The molecular formula is C26H27F2N7O2. The molecule has 1 saturated heterocycles. The summed E-state index contributed by atoms with van der Waals surface area (Å²) in [5.41, 5.74) is 1.90. The normalized spacial score (nSPS) is 17.1. The first-order valence-corrected chi connectivity index (χ1v) is 12.0. The van der Waals surface area contributed by atoms with Gasteiger partial charge in [-0.1, -0.05) is 18.2 Å². The number of rotatable bonds is 7. The molecule has 2 aromatic carbocycles. The molecule has 1 fully saturated rings. The summed E-state index contributed by atoms with van der Waals surface area (Å²) in [4.78, 5) is 15.3. The number of benzene rings is 2. The second-order valence-corrected chi connectivity index (χ2v) is 8.82. The molecule has 0 spiro atoms. The Labute approximate surface area is 212 Å². The van der Waals surface area contributed by atoms with Gasteiger partial charge in [-0.2, -0.15) is 5.10 Å². The lowest BCUT2D eigenvalue weighted by Crippen LogP contribution is -2.42. The van der Waals surface area contributed by atoms with E-state index in [0.717, 1.165) is 17.6 Å². The largest absolute Gasteiger partial charge is 0.477 e. The van der Waals surface area contributed by atoms with Gasteiger partial charge in [0.15, 0.2) is 0 Å². The second kappa shape index (κ2) is 10.3. The Morgan fingerprint density at radius 3 is 2.57 bits per heavy atom. The Bertz CT molecular complexity index is 1360. The van der Waals surface area contributed by atoms with Crippen molar-refractivity contribution in [1.82, 2.24) is 25.3 Å². The topological polar surface area (TPSA) is 100 Å². The van der Waals surface area contributed by atoms with E-state index >= 15 is 0 Å². The molecule has 5 rings (SSSR count). The second-order valence-electron chi connectivity index (χ2n) is 8.82. The number of amides is 2. The summed E-state index contributed by atoms with van der Waals surface area (Å²) in [6.07, 6.45) is 1.63. The molecule has 3 N–H and O–H groups in total. The maximum Gasteiger partial charge on any atom is 0.320 e.